The Morgan fingerprint density at radius 2 is 1.83 bits per heavy atom. The van der Waals surface area contributed by atoms with Crippen LogP contribution in [0.15, 0.2) is 22.7 Å². The number of phenols is 1. The molecule has 12 heavy (non-hydrogen) atoms. The van der Waals surface area contributed by atoms with E-state index in [0.29, 0.717) is 10.2 Å². The average Bonchev–Trinajstić information content (AvgIpc) is 1.92. The normalized spacial score (nSPS) is 11.7. The van der Waals surface area contributed by atoms with E-state index in [2.05, 4.69) is 15.9 Å². The van der Waals surface area contributed by atoms with Crippen molar-refractivity contribution in [3.05, 3.63) is 22.7 Å². The van der Waals surface area contributed by atoms with E-state index in [9.17, 15) is 5.11 Å². The van der Waals surface area contributed by atoms with E-state index in [1.54, 1.807) is 6.07 Å². The summed E-state index contributed by atoms with van der Waals surface area (Å²) in [5.41, 5.74) is 0.907. The molecule has 0 bridgehead atoms. The number of nitrogens with zero attached hydrogens (tertiary/aromatic N) is 1. The molecular weight excluding hydrogens is 218 g/mol. The van der Waals surface area contributed by atoms with Crippen LogP contribution in [-0.2, 0) is 0 Å². The van der Waals surface area contributed by atoms with Gasteiger partial charge in [-0.3, -0.25) is 4.48 Å². The summed E-state index contributed by atoms with van der Waals surface area (Å²) in [6.07, 6.45) is 0. The topological polar surface area (TPSA) is 20.2 Å². The lowest BCUT2D eigenvalue weighted by molar-refractivity contribution is 0.426. The number of quaternary nitrogens is 1. The maximum atomic E-state index is 9.53. The molecule has 0 fully saturated rings. The molecule has 0 atom stereocenters. The lowest BCUT2D eigenvalue weighted by Gasteiger charge is -2.24. The van der Waals surface area contributed by atoms with Gasteiger partial charge in [-0.05, 0) is 12.1 Å². The molecule has 1 rings (SSSR count). The zero-order chi connectivity index (χ0) is 9.35. The number of aromatic hydroxyl groups is 1. The van der Waals surface area contributed by atoms with Crippen molar-refractivity contribution in [2.24, 2.45) is 0 Å². The van der Waals surface area contributed by atoms with Crippen LogP contribution in [0.3, 0.4) is 0 Å². The van der Waals surface area contributed by atoms with Gasteiger partial charge < -0.3 is 5.11 Å². The molecule has 0 saturated heterocycles. The monoisotopic (exact) mass is 230 g/mol. The first-order valence-electron chi connectivity index (χ1n) is 3.72. The van der Waals surface area contributed by atoms with Crippen molar-refractivity contribution in [1.82, 2.24) is 4.48 Å². The zero-order valence-corrected chi connectivity index (χ0v) is 9.09. The summed E-state index contributed by atoms with van der Waals surface area (Å²) in [6.45, 7) is 0. The molecule has 0 heterocycles. The third kappa shape index (κ3) is 1.99. The van der Waals surface area contributed by atoms with Crippen molar-refractivity contribution in [3.8, 4) is 5.75 Å². The van der Waals surface area contributed by atoms with Crippen molar-refractivity contribution in [1.29, 1.82) is 0 Å². The van der Waals surface area contributed by atoms with E-state index in [4.69, 9.17) is 0 Å². The minimum atomic E-state index is 0.339. The van der Waals surface area contributed by atoms with Crippen LogP contribution in [0.4, 0.5) is 5.69 Å². The van der Waals surface area contributed by atoms with Gasteiger partial charge in [0.2, 0.25) is 0 Å². The molecule has 0 aromatic heterocycles. The van der Waals surface area contributed by atoms with Crippen molar-refractivity contribution in [2.45, 2.75) is 0 Å². The van der Waals surface area contributed by atoms with Crippen LogP contribution < -0.4 is 4.48 Å². The Bertz CT molecular complexity index is 291. The van der Waals surface area contributed by atoms with Gasteiger partial charge in [-0.25, -0.2) is 0 Å². The summed E-state index contributed by atoms with van der Waals surface area (Å²) in [6, 6.07) is 5.45. The van der Waals surface area contributed by atoms with E-state index in [-0.39, 0.29) is 0 Å². The zero-order valence-electron chi connectivity index (χ0n) is 7.50. The predicted octanol–water partition coefficient (Wildman–Crippen LogP) is 2.35. The van der Waals surface area contributed by atoms with Crippen LogP contribution in [-0.4, -0.2) is 26.2 Å². The van der Waals surface area contributed by atoms with Crippen molar-refractivity contribution >= 4 is 21.6 Å². The fourth-order valence-corrected chi connectivity index (χ4v) is 1.38. The van der Waals surface area contributed by atoms with E-state index in [0.717, 1.165) is 10.2 Å². The summed E-state index contributed by atoms with van der Waals surface area (Å²) in [4.78, 5) is 0. The Kier molecular flexibility index (Phi) is 2.44. The maximum Gasteiger partial charge on any atom is 0.177 e. The van der Waals surface area contributed by atoms with Gasteiger partial charge in [-0.2, -0.15) is 0 Å². The molecule has 0 saturated carbocycles. The highest BCUT2D eigenvalue weighted by molar-refractivity contribution is 9.10. The number of benzene rings is 1. The molecule has 0 amide bonds. The lowest BCUT2D eigenvalue weighted by Crippen LogP contribution is -2.34. The second-order valence-corrected chi connectivity index (χ2v) is 4.56. The molecule has 0 radical (unpaired) electrons. The maximum absolute atomic E-state index is 9.53. The Labute approximate surface area is 81.2 Å². The third-order valence-electron chi connectivity index (χ3n) is 1.66. The molecule has 0 aliphatic carbocycles. The fourth-order valence-electron chi connectivity index (χ4n) is 1.03. The van der Waals surface area contributed by atoms with E-state index < -0.39 is 0 Å². The standard InChI is InChI=1S/C9H12BrNO/c1-11(2,3)8-6-7(10)4-5-9(8)12/h4-6H,1-3H3/p+1. The fraction of sp³-hybridized carbons (Fsp3) is 0.333. The number of phenolic OH excluding ortho intramolecular Hbond substituents is 1. The molecule has 1 N–H and O–H groups in total. The van der Waals surface area contributed by atoms with Crippen LogP contribution in [0.25, 0.3) is 0 Å². The van der Waals surface area contributed by atoms with Crippen LogP contribution in [0.1, 0.15) is 0 Å². The Balaban J connectivity index is 3.23. The lowest BCUT2D eigenvalue weighted by atomic mass is 10.2. The molecule has 0 aliphatic rings. The molecule has 2 nitrogen and oxygen atoms in total. The van der Waals surface area contributed by atoms with Gasteiger partial charge in [0.25, 0.3) is 0 Å². The summed E-state index contributed by atoms with van der Waals surface area (Å²) >= 11 is 3.37. The number of hydrogen-bond acceptors (Lipinski definition) is 1. The summed E-state index contributed by atoms with van der Waals surface area (Å²) in [5, 5.41) is 9.53. The number of halogens is 1. The van der Waals surface area contributed by atoms with Crippen molar-refractivity contribution in [3.63, 3.8) is 0 Å². The highest BCUT2D eigenvalue weighted by Crippen LogP contribution is 2.31. The van der Waals surface area contributed by atoms with E-state index in [1.165, 1.54) is 0 Å². The van der Waals surface area contributed by atoms with Gasteiger partial charge >= 0.3 is 0 Å². The van der Waals surface area contributed by atoms with Gasteiger partial charge in [-0.1, -0.05) is 15.9 Å². The largest absolute Gasteiger partial charge is 0.503 e. The minimum absolute atomic E-state index is 0.339. The van der Waals surface area contributed by atoms with E-state index >= 15 is 0 Å². The first-order valence-corrected chi connectivity index (χ1v) is 4.51. The smallest absolute Gasteiger partial charge is 0.177 e. The molecule has 0 spiro atoms. The van der Waals surface area contributed by atoms with Gasteiger partial charge in [-0.15, -0.1) is 0 Å². The summed E-state index contributed by atoms with van der Waals surface area (Å²) in [5.74, 6) is 0.339. The number of hydrogen-bond donors (Lipinski definition) is 1. The third-order valence-corrected chi connectivity index (χ3v) is 2.15. The van der Waals surface area contributed by atoms with Crippen LogP contribution in [0.5, 0.6) is 5.75 Å². The van der Waals surface area contributed by atoms with E-state index in [1.807, 2.05) is 33.3 Å². The van der Waals surface area contributed by atoms with Gasteiger partial charge in [0.15, 0.2) is 11.4 Å². The highest BCUT2D eigenvalue weighted by Gasteiger charge is 2.17. The molecular formula is C9H13BrNO+. The minimum Gasteiger partial charge on any atom is -0.503 e. The Hall–Kier alpha value is -0.540. The Morgan fingerprint density at radius 3 is 2.25 bits per heavy atom. The Morgan fingerprint density at radius 1 is 1.25 bits per heavy atom. The molecule has 1 aromatic rings. The molecule has 0 unspecified atom stereocenters. The second kappa shape index (κ2) is 3.07. The van der Waals surface area contributed by atoms with Crippen molar-refractivity contribution < 1.29 is 5.11 Å². The number of rotatable bonds is 1. The second-order valence-electron chi connectivity index (χ2n) is 3.65. The molecule has 66 valence electrons. The SMILES string of the molecule is C[N+](C)(C)c1cc(Br)ccc1O. The molecule has 3 heteroatoms. The first kappa shape index (κ1) is 9.55. The van der Waals surface area contributed by atoms with Gasteiger partial charge in [0, 0.05) is 10.5 Å². The molecule has 1 aromatic carbocycles. The average molecular weight is 231 g/mol. The van der Waals surface area contributed by atoms with Crippen LogP contribution >= 0.6 is 15.9 Å². The van der Waals surface area contributed by atoms with Gasteiger partial charge in [0.1, 0.15) is 0 Å². The highest BCUT2D eigenvalue weighted by atomic mass is 79.9. The van der Waals surface area contributed by atoms with Crippen LogP contribution in [0.2, 0.25) is 0 Å². The quantitative estimate of drug-likeness (QED) is 0.735. The van der Waals surface area contributed by atoms with Crippen molar-refractivity contribution in [2.75, 3.05) is 21.1 Å². The van der Waals surface area contributed by atoms with Gasteiger partial charge in [0.05, 0.1) is 21.1 Å². The summed E-state index contributed by atoms with van der Waals surface area (Å²) < 4.78 is 1.61. The van der Waals surface area contributed by atoms with Crippen LogP contribution in [0, 0.1) is 0 Å². The molecule has 0 aliphatic heterocycles. The predicted molar refractivity (Wildman–Crippen MR) is 55.4 cm³/mol. The summed E-state index contributed by atoms with van der Waals surface area (Å²) in [7, 11) is 6.05. The first-order chi connectivity index (χ1) is 5.41.